The molecule has 1 heterocycles. The Morgan fingerprint density at radius 3 is 2.54 bits per heavy atom. The van der Waals surface area contributed by atoms with Crippen LogP contribution in [0.5, 0.6) is 0 Å². The number of tetrazole rings is 1. The summed E-state index contributed by atoms with van der Waals surface area (Å²) >= 11 is 6.07. The second-order valence-corrected chi connectivity index (χ2v) is 7.83. The van der Waals surface area contributed by atoms with Gasteiger partial charge in [0.2, 0.25) is 0 Å². The summed E-state index contributed by atoms with van der Waals surface area (Å²) in [5, 5.41) is 17.4. The molecule has 0 bridgehead atoms. The molecule has 2 aromatic carbocycles. The van der Waals surface area contributed by atoms with Crippen LogP contribution in [0.2, 0.25) is 5.02 Å². The van der Waals surface area contributed by atoms with E-state index in [9.17, 15) is 4.79 Å². The number of benzene rings is 2. The van der Waals surface area contributed by atoms with E-state index in [1.165, 1.54) is 0 Å². The van der Waals surface area contributed by atoms with Crippen molar-refractivity contribution in [1.29, 1.82) is 0 Å². The number of nitrogens with one attached hydrogen (secondary N) is 2. The number of nitrogens with zero attached hydrogens (tertiary/aromatic N) is 3. The van der Waals surface area contributed by atoms with Gasteiger partial charge in [0, 0.05) is 11.4 Å². The minimum atomic E-state index is -0.590. The van der Waals surface area contributed by atoms with Crippen LogP contribution in [0.4, 0.5) is 4.79 Å². The third-order valence-electron chi connectivity index (χ3n) is 3.93. The number of H-pyrrole nitrogens is 1. The van der Waals surface area contributed by atoms with Crippen LogP contribution in [0.25, 0.3) is 11.1 Å². The number of carbonyl (C=O) groups is 1. The summed E-state index contributed by atoms with van der Waals surface area (Å²) in [5.74, 6) is 0.463. The summed E-state index contributed by atoms with van der Waals surface area (Å²) in [6.07, 6.45) is -0.0178. The first-order chi connectivity index (χ1) is 13.3. The predicted octanol–water partition coefficient (Wildman–Crippen LogP) is 4.33. The van der Waals surface area contributed by atoms with Crippen LogP contribution in [-0.4, -0.2) is 32.3 Å². The Hall–Kier alpha value is -2.93. The molecule has 0 spiro atoms. The fraction of sp³-hybridized carbons (Fsp3) is 0.300. The van der Waals surface area contributed by atoms with E-state index in [4.69, 9.17) is 16.3 Å². The van der Waals surface area contributed by atoms with E-state index in [1.54, 1.807) is 0 Å². The molecule has 1 aromatic heterocycles. The average Bonchev–Trinajstić information content (AvgIpc) is 3.15. The van der Waals surface area contributed by atoms with Crippen LogP contribution >= 0.6 is 11.6 Å². The Balaban J connectivity index is 1.74. The van der Waals surface area contributed by atoms with Crippen LogP contribution in [0.15, 0.2) is 48.5 Å². The van der Waals surface area contributed by atoms with E-state index in [-0.39, 0.29) is 0 Å². The van der Waals surface area contributed by atoms with E-state index in [2.05, 4.69) is 25.9 Å². The third-order valence-corrected chi connectivity index (χ3v) is 4.17. The highest BCUT2D eigenvalue weighted by Crippen LogP contribution is 2.24. The van der Waals surface area contributed by atoms with Gasteiger partial charge in [0.05, 0.1) is 6.04 Å². The molecule has 28 heavy (non-hydrogen) atoms. The molecule has 146 valence electrons. The summed E-state index contributed by atoms with van der Waals surface area (Å²) in [6, 6.07) is 15.3. The maximum Gasteiger partial charge on any atom is 0.408 e. The second-order valence-electron chi connectivity index (χ2n) is 7.40. The van der Waals surface area contributed by atoms with Crippen molar-refractivity contribution >= 4 is 17.7 Å². The third kappa shape index (κ3) is 5.53. The summed E-state index contributed by atoms with van der Waals surface area (Å²) in [6.45, 7) is 5.43. The molecule has 1 amide bonds. The molecule has 0 aliphatic rings. The Bertz CT molecular complexity index is 921. The van der Waals surface area contributed by atoms with Crippen molar-refractivity contribution in [3.05, 3.63) is 64.9 Å². The average molecular weight is 400 g/mol. The van der Waals surface area contributed by atoms with Crippen LogP contribution < -0.4 is 5.32 Å². The number of halogens is 1. The zero-order chi connectivity index (χ0) is 20.1. The van der Waals surface area contributed by atoms with Crippen molar-refractivity contribution in [1.82, 2.24) is 25.9 Å². The molecule has 0 saturated carbocycles. The van der Waals surface area contributed by atoms with Gasteiger partial charge >= 0.3 is 6.09 Å². The quantitative estimate of drug-likeness (QED) is 0.666. The smallest absolute Gasteiger partial charge is 0.408 e. The van der Waals surface area contributed by atoms with E-state index >= 15 is 0 Å². The number of rotatable bonds is 5. The number of aromatic amines is 1. The lowest BCUT2D eigenvalue weighted by Gasteiger charge is -2.22. The summed E-state index contributed by atoms with van der Waals surface area (Å²) in [4.78, 5) is 12.2. The van der Waals surface area contributed by atoms with Gasteiger partial charge in [-0.3, -0.25) is 0 Å². The first-order valence-corrected chi connectivity index (χ1v) is 9.26. The highest BCUT2D eigenvalue weighted by Gasteiger charge is 2.23. The number of aromatic nitrogens is 4. The van der Waals surface area contributed by atoms with Gasteiger partial charge in [0.25, 0.3) is 0 Å². The van der Waals surface area contributed by atoms with E-state index in [1.807, 2.05) is 69.3 Å². The van der Waals surface area contributed by atoms with Crippen molar-refractivity contribution in [3.8, 4) is 11.1 Å². The van der Waals surface area contributed by atoms with Crippen molar-refractivity contribution in [3.63, 3.8) is 0 Å². The van der Waals surface area contributed by atoms with Crippen LogP contribution in [0, 0.1) is 0 Å². The predicted molar refractivity (Wildman–Crippen MR) is 107 cm³/mol. The molecule has 0 saturated heterocycles. The van der Waals surface area contributed by atoms with Crippen molar-refractivity contribution < 1.29 is 9.53 Å². The number of carbonyl (C=O) groups excluding carboxylic acids is 1. The Morgan fingerprint density at radius 1 is 1.18 bits per heavy atom. The molecule has 0 radical (unpaired) electrons. The molecule has 0 fully saturated rings. The van der Waals surface area contributed by atoms with Crippen molar-refractivity contribution in [2.45, 2.75) is 38.8 Å². The largest absolute Gasteiger partial charge is 0.444 e. The van der Waals surface area contributed by atoms with E-state index in [0.717, 1.165) is 16.7 Å². The first-order valence-electron chi connectivity index (χ1n) is 8.88. The van der Waals surface area contributed by atoms with Gasteiger partial charge in [0.15, 0.2) is 5.82 Å². The Kier molecular flexibility index (Phi) is 5.94. The number of hydrogen-bond donors (Lipinski definition) is 2. The van der Waals surface area contributed by atoms with Gasteiger partial charge in [-0.2, -0.15) is 0 Å². The fourth-order valence-electron chi connectivity index (χ4n) is 2.72. The SMILES string of the molecule is CC(C)(C)OC(=O)NC(Cc1ccc(-c2cccc(Cl)c2)cc1)c1nnn[nH]1. The zero-order valence-electron chi connectivity index (χ0n) is 15.9. The van der Waals surface area contributed by atoms with Crippen LogP contribution in [0.1, 0.15) is 38.2 Å². The van der Waals surface area contributed by atoms with Crippen molar-refractivity contribution in [2.24, 2.45) is 0 Å². The molecular formula is C20H22ClN5O2. The lowest BCUT2D eigenvalue weighted by Crippen LogP contribution is -2.36. The van der Waals surface area contributed by atoms with E-state index in [0.29, 0.717) is 17.3 Å². The molecule has 0 aliphatic carbocycles. The maximum absolute atomic E-state index is 12.2. The van der Waals surface area contributed by atoms with E-state index < -0.39 is 17.7 Å². The lowest BCUT2D eigenvalue weighted by atomic mass is 10.0. The molecule has 3 rings (SSSR count). The minimum Gasteiger partial charge on any atom is -0.444 e. The molecule has 3 aromatic rings. The zero-order valence-corrected chi connectivity index (χ0v) is 16.7. The topological polar surface area (TPSA) is 92.8 Å². The highest BCUT2D eigenvalue weighted by molar-refractivity contribution is 6.30. The van der Waals surface area contributed by atoms with Crippen LogP contribution in [-0.2, 0) is 11.2 Å². The molecule has 1 atom stereocenters. The molecule has 8 heteroatoms. The standard InChI is InChI=1S/C20H22ClN5O2/c1-20(2,3)28-19(27)22-17(18-23-25-26-24-18)11-13-7-9-14(10-8-13)15-5-4-6-16(21)12-15/h4-10,12,17H,11H2,1-3H3,(H,22,27)(H,23,24,25,26). The molecule has 0 aliphatic heterocycles. The number of amides is 1. The van der Waals surface area contributed by atoms with Gasteiger partial charge in [-0.05, 0) is 60.0 Å². The maximum atomic E-state index is 12.2. The molecular weight excluding hydrogens is 378 g/mol. The van der Waals surface area contributed by atoms with Gasteiger partial charge in [-0.1, -0.05) is 48.0 Å². The summed E-state index contributed by atoms with van der Waals surface area (Å²) in [7, 11) is 0. The number of hydrogen-bond acceptors (Lipinski definition) is 5. The molecule has 2 N–H and O–H groups in total. The van der Waals surface area contributed by atoms with Gasteiger partial charge in [-0.15, -0.1) is 5.10 Å². The fourth-order valence-corrected chi connectivity index (χ4v) is 2.91. The molecule has 1 unspecified atom stereocenters. The van der Waals surface area contributed by atoms with Gasteiger partial charge < -0.3 is 10.1 Å². The Morgan fingerprint density at radius 2 is 1.93 bits per heavy atom. The lowest BCUT2D eigenvalue weighted by molar-refractivity contribution is 0.0501. The van der Waals surface area contributed by atoms with Crippen LogP contribution in [0.3, 0.4) is 0 Å². The first kappa shape index (κ1) is 19.8. The normalized spacial score (nSPS) is 12.4. The van der Waals surface area contributed by atoms with Gasteiger partial charge in [-0.25, -0.2) is 9.89 Å². The van der Waals surface area contributed by atoms with Crippen molar-refractivity contribution in [2.75, 3.05) is 0 Å². The number of ether oxygens (including phenoxy) is 1. The summed E-state index contributed by atoms with van der Waals surface area (Å²) < 4.78 is 5.35. The number of alkyl carbamates (subject to hydrolysis) is 1. The monoisotopic (exact) mass is 399 g/mol. The molecule has 7 nitrogen and oxygen atoms in total. The minimum absolute atomic E-state index is 0.443. The highest BCUT2D eigenvalue weighted by atomic mass is 35.5. The summed E-state index contributed by atoms with van der Waals surface area (Å²) in [5.41, 5.74) is 2.53. The van der Waals surface area contributed by atoms with Gasteiger partial charge in [0.1, 0.15) is 5.60 Å². The second kappa shape index (κ2) is 8.39. The Labute approximate surface area is 168 Å².